The number of aryl methyl sites for hydroxylation is 5. The summed E-state index contributed by atoms with van der Waals surface area (Å²) >= 11 is 0. The number of hydrogen-bond acceptors (Lipinski definition) is 4. The summed E-state index contributed by atoms with van der Waals surface area (Å²) in [6.45, 7) is 4.12. The molecule has 0 aliphatic carbocycles. The molecule has 0 aliphatic heterocycles. The lowest BCUT2D eigenvalue weighted by Gasteiger charge is -2.08. The molecule has 0 spiro atoms. The molecule has 0 fully saturated rings. The van der Waals surface area contributed by atoms with Gasteiger partial charge in [-0.1, -0.05) is 36.4 Å². The summed E-state index contributed by atoms with van der Waals surface area (Å²) in [6, 6.07) is 13.6. The Labute approximate surface area is 180 Å². The molecule has 7 heteroatoms. The Morgan fingerprint density at radius 3 is 2.55 bits per heavy atom. The van der Waals surface area contributed by atoms with Gasteiger partial charge in [-0.25, -0.2) is 0 Å². The molecule has 3 N–H and O–H groups in total. The molecule has 7 nitrogen and oxygen atoms in total. The molecule has 162 valence electrons. The minimum atomic E-state index is -0.893. The van der Waals surface area contributed by atoms with Crippen LogP contribution < -0.4 is 5.56 Å². The second kappa shape index (κ2) is 9.93. The zero-order valence-corrected chi connectivity index (χ0v) is 17.8. The fraction of sp³-hybridized carbons (Fsp3) is 0.292. The van der Waals surface area contributed by atoms with E-state index in [1.807, 2.05) is 24.3 Å². The number of aliphatic carboxylic acids is 1. The van der Waals surface area contributed by atoms with Gasteiger partial charge in [-0.2, -0.15) is 0 Å². The summed E-state index contributed by atoms with van der Waals surface area (Å²) in [5.41, 5.74) is 4.43. The number of aromatic hydroxyl groups is 1. The number of carboxylic acid groups (broad SMARTS) is 1. The highest BCUT2D eigenvalue weighted by Gasteiger charge is 2.11. The number of rotatable bonds is 9. The van der Waals surface area contributed by atoms with Crippen LogP contribution in [-0.2, 0) is 24.2 Å². The first-order chi connectivity index (χ1) is 14.9. The van der Waals surface area contributed by atoms with Gasteiger partial charge in [0.1, 0.15) is 11.4 Å². The van der Waals surface area contributed by atoms with Gasteiger partial charge in [-0.05, 0) is 55.9 Å². The van der Waals surface area contributed by atoms with Crippen LogP contribution in [0.15, 0.2) is 52.3 Å². The van der Waals surface area contributed by atoms with Crippen molar-refractivity contribution in [2.45, 2.75) is 46.1 Å². The van der Waals surface area contributed by atoms with Crippen LogP contribution in [-0.4, -0.2) is 32.2 Å². The maximum absolute atomic E-state index is 12.6. The van der Waals surface area contributed by atoms with E-state index in [0.717, 1.165) is 12.0 Å². The predicted octanol–water partition coefficient (Wildman–Crippen LogP) is 3.90. The average molecular weight is 421 g/mol. The molecule has 1 aromatic heterocycles. The molecule has 0 radical (unpaired) electrons. The number of nitrogens with zero attached hydrogens (tertiary/aromatic N) is 2. The molecule has 3 rings (SSSR count). The van der Waals surface area contributed by atoms with Crippen LogP contribution in [0.1, 0.15) is 40.8 Å². The molecule has 0 unspecified atom stereocenters. The minimum Gasteiger partial charge on any atom is -0.505 e. The maximum atomic E-state index is 12.6. The smallest absolute Gasteiger partial charge is 0.303 e. The molecule has 0 atom stereocenters. The van der Waals surface area contributed by atoms with Gasteiger partial charge in [-0.3, -0.25) is 24.4 Å². The third kappa shape index (κ3) is 5.51. The summed E-state index contributed by atoms with van der Waals surface area (Å²) in [5, 5.41) is 22.4. The Bertz CT molecular complexity index is 1160. The van der Waals surface area contributed by atoms with Crippen LogP contribution in [0.25, 0.3) is 0 Å². The molecular weight excluding hydrogens is 394 g/mol. The zero-order valence-electron chi connectivity index (χ0n) is 17.8. The fourth-order valence-corrected chi connectivity index (χ4v) is 3.49. The van der Waals surface area contributed by atoms with Gasteiger partial charge in [-0.15, -0.1) is 0 Å². The quantitative estimate of drug-likeness (QED) is 0.455. The number of aliphatic imine (C=N–C) groups is 1. The number of aromatic amines is 1. The topological polar surface area (TPSA) is 108 Å². The van der Waals surface area contributed by atoms with E-state index in [2.05, 4.69) is 29.1 Å². The molecule has 3 aromatic rings. The Morgan fingerprint density at radius 2 is 1.81 bits per heavy atom. The van der Waals surface area contributed by atoms with Gasteiger partial charge < -0.3 is 10.2 Å². The molecule has 0 saturated carbocycles. The first kappa shape index (κ1) is 22.1. The number of para-hydroxylation sites is 1. The highest BCUT2D eigenvalue weighted by Crippen LogP contribution is 2.31. The van der Waals surface area contributed by atoms with Crippen LogP contribution in [0.5, 0.6) is 5.75 Å². The van der Waals surface area contributed by atoms with Gasteiger partial charge in [0.2, 0.25) is 0 Å². The van der Waals surface area contributed by atoms with E-state index < -0.39 is 5.97 Å². The molecule has 0 saturated heterocycles. The van der Waals surface area contributed by atoms with E-state index in [0.29, 0.717) is 36.3 Å². The van der Waals surface area contributed by atoms with E-state index >= 15 is 0 Å². The van der Waals surface area contributed by atoms with Crippen molar-refractivity contribution >= 4 is 17.9 Å². The SMILES string of the molecule is Cc1ccccc1CCc1cccc(N=Cc2c(C)[nH]n(CCCC(=O)O)c2=O)c1O. The molecule has 0 bridgehead atoms. The van der Waals surface area contributed by atoms with Crippen LogP contribution in [0.2, 0.25) is 0 Å². The highest BCUT2D eigenvalue weighted by molar-refractivity contribution is 5.83. The lowest BCUT2D eigenvalue weighted by atomic mass is 10.00. The van der Waals surface area contributed by atoms with E-state index in [1.54, 1.807) is 13.0 Å². The number of H-pyrrole nitrogens is 1. The molecule has 2 aromatic carbocycles. The number of benzene rings is 2. The van der Waals surface area contributed by atoms with Crippen molar-refractivity contribution in [1.29, 1.82) is 0 Å². The van der Waals surface area contributed by atoms with Crippen LogP contribution in [0.3, 0.4) is 0 Å². The number of carbonyl (C=O) groups is 1. The third-order valence-corrected chi connectivity index (χ3v) is 5.31. The minimum absolute atomic E-state index is 0.00288. The number of phenolic OH excluding ortho intramolecular Hbond substituents is 1. The largest absolute Gasteiger partial charge is 0.505 e. The number of hydrogen-bond donors (Lipinski definition) is 3. The van der Waals surface area contributed by atoms with Crippen molar-refractivity contribution in [2.24, 2.45) is 4.99 Å². The van der Waals surface area contributed by atoms with Gasteiger partial charge >= 0.3 is 5.97 Å². The summed E-state index contributed by atoms with van der Waals surface area (Å²) in [5.74, 6) is -0.779. The van der Waals surface area contributed by atoms with Gasteiger partial charge in [0.05, 0.1) is 5.56 Å². The Balaban J connectivity index is 1.75. The number of carboxylic acids is 1. The lowest BCUT2D eigenvalue weighted by molar-refractivity contribution is -0.137. The van der Waals surface area contributed by atoms with Crippen molar-refractivity contribution < 1.29 is 15.0 Å². The summed E-state index contributed by atoms with van der Waals surface area (Å²) in [7, 11) is 0. The predicted molar refractivity (Wildman–Crippen MR) is 121 cm³/mol. The molecule has 1 heterocycles. The monoisotopic (exact) mass is 421 g/mol. The van der Waals surface area contributed by atoms with Gasteiger partial charge in [0, 0.05) is 24.9 Å². The molecule has 0 amide bonds. The summed E-state index contributed by atoms with van der Waals surface area (Å²) in [4.78, 5) is 27.6. The van der Waals surface area contributed by atoms with Crippen molar-refractivity contribution in [3.63, 3.8) is 0 Å². The Morgan fingerprint density at radius 1 is 1.10 bits per heavy atom. The maximum Gasteiger partial charge on any atom is 0.303 e. The van der Waals surface area contributed by atoms with Gasteiger partial charge in [0.15, 0.2) is 0 Å². The van der Waals surface area contributed by atoms with Crippen molar-refractivity contribution in [3.05, 3.63) is 80.8 Å². The molecule has 0 aliphatic rings. The second-order valence-electron chi connectivity index (χ2n) is 7.57. The van der Waals surface area contributed by atoms with Crippen LogP contribution in [0.4, 0.5) is 5.69 Å². The standard InChI is InChI=1S/C24H27N3O4/c1-16-7-3-4-8-18(16)12-13-19-9-5-10-21(23(19)30)25-15-20-17(2)26-27(24(20)31)14-6-11-22(28)29/h3-5,7-10,15,26,30H,6,11-14H2,1-2H3,(H,28,29). The number of nitrogens with one attached hydrogen (secondary N) is 1. The summed E-state index contributed by atoms with van der Waals surface area (Å²) in [6.07, 6.45) is 3.29. The fourth-order valence-electron chi connectivity index (χ4n) is 3.49. The Kier molecular flexibility index (Phi) is 7.07. The molecular formula is C24H27N3O4. The van der Waals surface area contributed by atoms with E-state index in [4.69, 9.17) is 5.11 Å². The van der Waals surface area contributed by atoms with E-state index in [1.165, 1.54) is 22.0 Å². The van der Waals surface area contributed by atoms with Crippen molar-refractivity contribution in [2.75, 3.05) is 0 Å². The van der Waals surface area contributed by atoms with Crippen molar-refractivity contribution in [3.8, 4) is 5.75 Å². The Hall–Kier alpha value is -3.61. The van der Waals surface area contributed by atoms with E-state index in [-0.39, 0.29) is 17.7 Å². The molecule has 31 heavy (non-hydrogen) atoms. The average Bonchev–Trinajstić information content (AvgIpc) is 3.00. The normalized spacial score (nSPS) is 11.3. The third-order valence-electron chi connectivity index (χ3n) is 5.31. The second-order valence-corrected chi connectivity index (χ2v) is 7.57. The van der Waals surface area contributed by atoms with Gasteiger partial charge in [0.25, 0.3) is 5.56 Å². The van der Waals surface area contributed by atoms with Crippen molar-refractivity contribution in [1.82, 2.24) is 9.78 Å². The van der Waals surface area contributed by atoms with Crippen LogP contribution in [0, 0.1) is 13.8 Å². The first-order valence-corrected chi connectivity index (χ1v) is 10.3. The highest BCUT2D eigenvalue weighted by atomic mass is 16.4. The summed E-state index contributed by atoms with van der Waals surface area (Å²) < 4.78 is 1.39. The van der Waals surface area contributed by atoms with Crippen LogP contribution >= 0.6 is 0 Å². The number of aromatic nitrogens is 2. The lowest BCUT2D eigenvalue weighted by Crippen LogP contribution is -2.19. The first-order valence-electron chi connectivity index (χ1n) is 10.3. The number of phenols is 1. The zero-order chi connectivity index (χ0) is 22.4. The van der Waals surface area contributed by atoms with E-state index in [9.17, 15) is 14.7 Å².